The van der Waals surface area contributed by atoms with Gasteiger partial charge in [-0.3, -0.25) is 0 Å². The van der Waals surface area contributed by atoms with Gasteiger partial charge < -0.3 is 4.74 Å². The molecule has 1 heteroatoms. The summed E-state index contributed by atoms with van der Waals surface area (Å²) in [7, 11) is 0. The minimum Gasteiger partial charge on any atom is -0.381 e. The highest BCUT2D eigenvalue weighted by Gasteiger charge is 2.17. The van der Waals surface area contributed by atoms with Crippen molar-refractivity contribution in [3.63, 3.8) is 0 Å². The molecule has 0 bridgehead atoms. The van der Waals surface area contributed by atoms with E-state index < -0.39 is 0 Å². The Bertz CT molecular complexity index is 103. The fourth-order valence-electron chi connectivity index (χ4n) is 1.43. The maximum atomic E-state index is 5.26. The molecule has 1 atom stereocenters. The Balaban J connectivity index is 2.30. The molecule has 0 aromatic rings. The van der Waals surface area contributed by atoms with Gasteiger partial charge >= 0.3 is 0 Å². The number of hydrogen-bond acceptors (Lipinski definition) is 1. The van der Waals surface area contributed by atoms with E-state index in [4.69, 9.17) is 4.74 Å². The molecule has 0 aliphatic carbocycles. The predicted octanol–water partition coefficient (Wildman–Crippen LogP) is 2.24. The lowest BCUT2D eigenvalue weighted by atomic mass is 9.88. The Labute approximate surface area is 63.1 Å². The third kappa shape index (κ3) is 1.84. The minimum atomic E-state index is 0.670. The molecular weight excluding hydrogens is 124 g/mol. The van der Waals surface area contributed by atoms with E-state index >= 15 is 0 Å². The maximum Gasteiger partial charge on any atom is 0.0468 e. The van der Waals surface area contributed by atoms with E-state index in [9.17, 15) is 0 Å². The molecule has 0 spiro atoms. The summed E-state index contributed by atoms with van der Waals surface area (Å²) in [6.45, 7) is 7.93. The summed E-state index contributed by atoms with van der Waals surface area (Å²) < 4.78 is 5.26. The van der Waals surface area contributed by atoms with Crippen LogP contribution in [0.2, 0.25) is 0 Å². The van der Waals surface area contributed by atoms with Gasteiger partial charge in [-0.25, -0.2) is 0 Å². The smallest absolute Gasteiger partial charge is 0.0468 e. The highest BCUT2D eigenvalue weighted by molar-refractivity contribution is 4.82. The summed E-state index contributed by atoms with van der Waals surface area (Å²) in [6.07, 6.45) is 4.48. The number of ether oxygens (including phenoxy) is 1. The predicted molar refractivity (Wildman–Crippen MR) is 42.9 cm³/mol. The van der Waals surface area contributed by atoms with Crippen molar-refractivity contribution in [3.05, 3.63) is 12.7 Å². The van der Waals surface area contributed by atoms with Gasteiger partial charge in [0.05, 0.1) is 0 Å². The van der Waals surface area contributed by atoms with Crippen molar-refractivity contribution >= 4 is 0 Å². The first-order valence-corrected chi connectivity index (χ1v) is 4.05. The van der Waals surface area contributed by atoms with Crippen LogP contribution in [0.4, 0.5) is 0 Å². The Hall–Kier alpha value is -0.300. The zero-order valence-electron chi connectivity index (χ0n) is 6.68. The van der Waals surface area contributed by atoms with Crippen molar-refractivity contribution in [3.8, 4) is 0 Å². The molecule has 1 unspecified atom stereocenters. The maximum absolute atomic E-state index is 5.26. The monoisotopic (exact) mass is 140 g/mol. The highest BCUT2D eigenvalue weighted by Crippen LogP contribution is 2.23. The van der Waals surface area contributed by atoms with Gasteiger partial charge in [0.2, 0.25) is 0 Å². The lowest BCUT2D eigenvalue weighted by Gasteiger charge is -2.25. The first-order chi connectivity index (χ1) is 4.84. The summed E-state index contributed by atoms with van der Waals surface area (Å²) in [6, 6.07) is 0. The second kappa shape index (κ2) is 3.77. The average molecular weight is 140 g/mol. The molecule has 0 amide bonds. The second-order valence-electron chi connectivity index (χ2n) is 3.04. The molecule has 1 rings (SSSR count). The number of allylic oxidation sites excluding steroid dienone is 1. The Morgan fingerprint density at radius 3 is 2.60 bits per heavy atom. The SMILES string of the molecule is C=CC(C)C1CCOCC1. The highest BCUT2D eigenvalue weighted by atomic mass is 16.5. The number of hydrogen-bond donors (Lipinski definition) is 0. The van der Waals surface area contributed by atoms with Gasteiger partial charge in [-0.15, -0.1) is 6.58 Å². The van der Waals surface area contributed by atoms with Crippen LogP contribution in [0, 0.1) is 11.8 Å². The summed E-state index contributed by atoms with van der Waals surface area (Å²) in [5.74, 6) is 1.50. The molecule has 0 aromatic carbocycles. The van der Waals surface area contributed by atoms with Crippen LogP contribution in [0.3, 0.4) is 0 Å². The van der Waals surface area contributed by atoms with Crippen molar-refractivity contribution in [2.24, 2.45) is 11.8 Å². The molecule has 10 heavy (non-hydrogen) atoms. The van der Waals surface area contributed by atoms with Crippen LogP contribution in [0.25, 0.3) is 0 Å². The molecule has 1 aliphatic heterocycles. The molecule has 0 radical (unpaired) electrons. The number of rotatable bonds is 2. The molecule has 0 N–H and O–H groups in total. The van der Waals surface area contributed by atoms with E-state index in [2.05, 4.69) is 19.6 Å². The van der Waals surface area contributed by atoms with Crippen molar-refractivity contribution in [1.82, 2.24) is 0 Å². The Kier molecular flexibility index (Phi) is 2.94. The lowest BCUT2D eigenvalue weighted by Crippen LogP contribution is -2.20. The topological polar surface area (TPSA) is 9.23 Å². The van der Waals surface area contributed by atoms with Gasteiger partial charge in [0.1, 0.15) is 0 Å². The zero-order chi connectivity index (χ0) is 7.40. The van der Waals surface area contributed by atoms with Crippen LogP contribution >= 0.6 is 0 Å². The first kappa shape index (κ1) is 7.80. The molecule has 1 nitrogen and oxygen atoms in total. The molecule has 58 valence electrons. The van der Waals surface area contributed by atoms with Crippen LogP contribution in [0.1, 0.15) is 19.8 Å². The van der Waals surface area contributed by atoms with E-state index in [0.717, 1.165) is 19.1 Å². The molecule has 0 saturated carbocycles. The van der Waals surface area contributed by atoms with Gasteiger partial charge in [0, 0.05) is 13.2 Å². The fraction of sp³-hybridized carbons (Fsp3) is 0.778. The Morgan fingerprint density at radius 1 is 1.50 bits per heavy atom. The second-order valence-corrected chi connectivity index (χ2v) is 3.04. The van der Waals surface area contributed by atoms with Crippen LogP contribution < -0.4 is 0 Å². The minimum absolute atomic E-state index is 0.670. The summed E-state index contributed by atoms with van der Waals surface area (Å²) in [5.41, 5.74) is 0. The Morgan fingerprint density at radius 2 is 2.10 bits per heavy atom. The van der Waals surface area contributed by atoms with Crippen LogP contribution in [0.15, 0.2) is 12.7 Å². The van der Waals surface area contributed by atoms with Gasteiger partial charge in [0.25, 0.3) is 0 Å². The van der Waals surface area contributed by atoms with Gasteiger partial charge in [-0.1, -0.05) is 13.0 Å². The summed E-state index contributed by atoms with van der Waals surface area (Å²) in [4.78, 5) is 0. The largest absolute Gasteiger partial charge is 0.381 e. The van der Waals surface area contributed by atoms with E-state index in [1.807, 2.05) is 0 Å². The van der Waals surface area contributed by atoms with Gasteiger partial charge in [-0.05, 0) is 24.7 Å². The molecule has 0 aromatic heterocycles. The van der Waals surface area contributed by atoms with E-state index in [0.29, 0.717) is 5.92 Å². The van der Waals surface area contributed by atoms with Crippen molar-refractivity contribution in [2.75, 3.05) is 13.2 Å². The van der Waals surface area contributed by atoms with Gasteiger partial charge in [-0.2, -0.15) is 0 Å². The van der Waals surface area contributed by atoms with Crippen LogP contribution in [0.5, 0.6) is 0 Å². The van der Waals surface area contributed by atoms with Crippen molar-refractivity contribution < 1.29 is 4.74 Å². The van der Waals surface area contributed by atoms with Crippen LogP contribution in [-0.2, 0) is 4.74 Å². The normalized spacial score (nSPS) is 24.1. The van der Waals surface area contributed by atoms with E-state index in [1.165, 1.54) is 12.8 Å². The van der Waals surface area contributed by atoms with Crippen LogP contribution in [-0.4, -0.2) is 13.2 Å². The first-order valence-electron chi connectivity index (χ1n) is 4.05. The lowest BCUT2D eigenvalue weighted by molar-refractivity contribution is 0.0561. The molecular formula is C9H16O. The van der Waals surface area contributed by atoms with Crippen molar-refractivity contribution in [2.45, 2.75) is 19.8 Å². The molecule has 1 fully saturated rings. The molecule has 1 heterocycles. The third-order valence-electron chi connectivity index (χ3n) is 2.38. The summed E-state index contributed by atoms with van der Waals surface area (Å²) in [5, 5.41) is 0. The average Bonchev–Trinajstić information content (AvgIpc) is 2.05. The third-order valence-corrected chi connectivity index (χ3v) is 2.38. The van der Waals surface area contributed by atoms with E-state index in [-0.39, 0.29) is 0 Å². The van der Waals surface area contributed by atoms with E-state index in [1.54, 1.807) is 0 Å². The molecule has 1 saturated heterocycles. The van der Waals surface area contributed by atoms with Crippen molar-refractivity contribution in [1.29, 1.82) is 0 Å². The quantitative estimate of drug-likeness (QED) is 0.534. The zero-order valence-corrected chi connectivity index (χ0v) is 6.68. The fourth-order valence-corrected chi connectivity index (χ4v) is 1.43. The van der Waals surface area contributed by atoms with Gasteiger partial charge in [0.15, 0.2) is 0 Å². The standard InChI is InChI=1S/C9H16O/c1-3-8(2)9-4-6-10-7-5-9/h3,8-9H,1,4-7H2,2H3. The molecule has 1 aliphatic rings. The summed E-state index contributed by atoms with van der Waals surface area (Å²) >= 11 is 0.